The Bertz CT molecular complexity index is 884. The van der Waals surface area contributed by atoms with E-state index in [2.05, 4.69) is 5.16 Å². The number of ether oxygens (including phenoxy) is 1. The highest BCUT2D eigenvalue weighted by molar-refractivity contribution is 7.12. The summed E-state index contributed by atoms with van der Waals surface area (Å²) in [5.41, 5.74) is 2.69. The van der Waals surface area contributed by atoms with Crippen LogP contribution in [0.3, 0.4) is 0 Å². The molecule has 1 aromatic carbocycles. The van der Waals surface area contributed by atoms with E-state index in [4.69, 9.17) is 9.57 Å². The first kappa shape index (κ1) is 20.1. The number of thiophene rings is 1. The van der Waals surface area contributed by atoms with Crippen molar-refractivity contribution in [3.63, 3.8) is 0 Å². The van der Waals surface area contributed by atoms with Crippen molar-refractivity contribution in [2.24, 2.45) is 5.16 Å². The average Bonchev–Trinajstić information content (AvgIpc) is 3.08. The topological polar surface area (TPSA) is 68.1 Å². The fourth-order valence-corrected chi connectivity index (χ4v) is 4.02. The van der Waals surface area contributed by atoms with Crippen LogP contribution in [0.2, 0.25) is 0 Å². The molecule has 0 saturated carbocycles. The van der Waals surface area contributed by atoms with Gasteiger partial charge in [-0.3, -0.25) is 4.79 Å². The molecule has 1 aliphatic rings. The number of carbonyl (C=O) groups excluding carboxylic acids is 1. The minimum atomic E-state index is -0.0398. The Hall–Kier alpha value is -2.60. The molecule has 1 unspecified atom stereocenters. The maximum absolute atomic E-state index is 12.6. The van der Waals surface area contributed by atoms with Gasteiger partial charge in [0, 0.05) is 24.6 Å². The lowest BCUT2D eigenvalue weighted by atomic mass is 9.81. The molecule has 0 fully saturated rings. The highest BCUT2D eigenvalue weighted by Gasteiger charge is 2.28. The number of hydrogen-bond acceptors (Lipinski definition) is 6. The van der Waals surface area contributed by atoms with Gasteiger partial charge < -0.3 is 14.7 Å². The SMILES string of the molecule is CCON=CCCC1=C(O)CC(c2cccc(Oc3cc(C)cs3)c2)CC1=O. The third kappa shape index (κ3) is 5.23. The molecule has 1 aliphatic carbocycles. The summed E-state index contributed by atoms with van der Waals surface area (Å²) in [6, 6.07) is 9.77. The minimum absolute atomic E-state index is 0.00115. The molecule has 1 atom stereocenters. The molecule has 1 aromatic heterocycles. The molecule has 1 N–H and O–H groups in total. The molecular formula is C22H25NO4S. The number of rotatable bonds is 8. The first-order valence-electron chi connectivity index (χ1n) is 9.47. The van der Waals surface area contributed by atoms with Gasteiger partial charge in [-0.2, -0.15) is 0 Å². The van der Waals surface area contributed by atoms with Crippen molar-refractivity contribution < 1.29 is 19.5 Å². The van der Waals surface area contributed by atoms with Gasteiger partial charge in [-0.15, -0.1) is 11.3 Å². The summed E-state index contributed by atoms with van der Waals surface area (Å²) in [6.07, 6.45) is 3.54. The van der Waals surface area contributed by atoms with Crippen LogP contribution in [-0.4, -0.2) is 23.7 Å². The van der Waals surface area contributed by atoms with E-state index >= 15 is 0 Å². The van der Waals surface area contributed by atoms with E-state index in [-0.39, 0.29) is 17.5 Å². The number of aryl methyl sites for hydroxylation is 1. The zero-order valence-electron chi connectivity index (χ0n) is 16.2. The van der Waals surface area contributed by atoms with Gasteiger partial charge in [0.15, 0.2) is 10.8 Å². The third-order valence-corrected chi connectivity index (χ3v) is 5.54. The third-order valence-electron chi connectivity index (χ3n) is 4.61. The van der Waals surface area contributed by atoms with Crippen molar-refractivity contribution >= 4 is 23.3 Å². The molecule has 1 heterocycles. The number of carbonyl (C=O) groups is 1. The number of benzene rings is 1. The molecule has 28 heavy (non-hydrogen) atoms. The van der Waals surface area contributed by atoms with Crippen molar-refractivity contribution in [2.45, 2.75) is 45.4 Å². The normalized spacial score (nSPS) is 17.4. The second-order valence-electron chi connectivity index (χ2n) is 6.82. The van der Waals surface area contributed by atoms with Crippen LogP contribution >= 0.6 is 11.3 Å². The van der Waals surface area contributed by atoms with Crippen molar-refractivity contribution in [3.8, 4) is 10.8 Å². The zero-order chi connectivity index (χ0) is 19.9. The summed E-state index contributed by atoms with van der Waals surface area (Å²) in [5.74, 6) is 0.889. The van der Waals surface area contributed by atoms with E-state index < -0.39 is 0 Å². The lowest BCUT2D eigenvalue weighted by Crippen LogP contribution is -2.18. The maximum atomic E-state index is 12.6. The van der Waals surface area contributed by atoms with Crippen molar-refractivity contribution in [2.75, 3.05) is 6.61 Å². The lowest BCUT2D eigenvalue weighted by Gasteiger charge is -2.24. The van der Waals surface area contributed by atoms with Gasteiger partial charge in [-0.05, 0) is 67.3 Å². The number of allylic oxidation sites excluding steroid dienone is 2. The molecule has 0 saturated heterocycles. The van der Waals surface area contributed by atoms with Crippen LogP contribution < -0.4 is 4.74 Å². The lowest BCUT2D eigenvalue weighted by molar-refractivity contribution is -0.116. The van der Waals surface area contributed by atoms with Crippen LogP contribution in [0, 0.1) is 6.92 Å². The Morgan fingerprint density at radius 1 is 1.32 bits per heavy atom. The van der Waals surface area contributed by atoms with Gasteiger partial charge in [0.25, 0.3) is 0 Å². The zero-order valence-corrected chi connectivity index (χ0v) is 17.0. The highest BCUT2D eigenvalue weighted by atomic mass is 32.1. The monoisotopic (exact) mass is 399 g/mol. The molecule has 5 nitrogen and oxygen atoms in total. The van der Waals surface area contributed by atoms with Crippen LogP contribution in [0.4, 0.5) is 0 Å². The van der Waals surface area contributed by atoms with Gasteiger partial charge in [0.05, 0.1) is 5.76 Å². The molecule has 0 spiro atoms. The number of nitrogens with zero attached hydrogens (tertiary/aromatic N) is 1. The smallest absolute Gasteiger partial charge is 0.181 e. The first-order valence-corrected chi connectivity index (χ1v) is 10.4. The second kappa shape index (κ2) is 9.55. The van der Waals surface area contributed by atoms with E-state index in [0.717, 1.165) is 16.4 Å². The molecule has 6 heteroatoms. The van der Waals surface area contributed by atoms with Crippen LogP contribution in [-0.2, 0) is 9.63 Å². The predicted molar refractivity (Wildman–Crippen MR) is 112 cm³/mol. The molecule has 0 amide bonds. The maximum Gasteiger partial charge on any atom is 0.181 e. The van der Waals surface area contributed by atoms with Crippen molar-refractivity contribution in [3.05, 3.63) is 58.2 Å². The minimum Gasteiger partial charge on any atom is -0.512 e. The van der Waals surface area contributed by atoms with Crippen LogP contribution in [0.15, 0.2) is 52.2 Å². The fourth-order valence-electron chi connectivity index (χ4n) is 3.25. The molecule has 0 radical (unpaired) electrons. The highest BCUT2D eigenvalue weighted by Crippen LogP contribution is 2.37. The standard InChI is InChI=1S/C22H25NO4S/c1-3-26-23-9-5-8-19-20(24)12-17(13-21(19)25)16-6-4-7-18(11-16)27-22-10-15(2)14-28-22/h4,6-7,9-11,14,17,24H,3,5,8,12-13H2,1-2H3. The second-order valence-corrected chi connectivity index (χ2v) is 7.69. The Labute approximate surface area is 169 Å². The molecule has 148 valence electrons. The first-order chi connectivity index (χ1) is 13.6. The van der Waals surface area contributed by atoms with Crippen LogP contribution in [0.5, 0.6) is 10.8 Å². The number of hydrogen-bond donors (Lipinski definition) is 1. The Balaban J connectivity index is 1.66. The Morgan fingerprint density at radius 3 is 2.89 bits per heavy atom. The quantitative estimate of drug-likeness (QED) is 0.442. The summed E-state index contributed by atoms with van der Waals surface area (Å²) < 4.78 is 5.92. The van der Waals surface area contributed by atoms with Gasteiger partial charge in [0.1, 0.15) is 12.4 Å². The van der Waals surface area contributed by atoms with Gasteiger partial charge in [-0.1, -0.05) is 17.3 Å². The number of oxime groups is 1. The number of aliphatic hydroxyl groups excluding tert-OH is 1. The molecule has 0 aliphatic heterocycles. The van der Waals surface area contributed by atoms with E-state index in [0.29, 0.717) is 37.9 Å². The Kier molecular flexibility index (Phi) is 6.87. The van der Waals surface area contributed by atoms with E-state index in [1.54, 1.807) is 17.6 Å². The van der Waals surface area contributed by atoms with E-state index in [9.17, 15) is 9.90 Å². The van der Waals surface area contributed by atoms with Crippen LogP contribution in [0.1, 0.15) is 49.7 Å². The van der Waals surface area contributed by atoms with E-state index in [1.807, 2.05) is 49.6 Å². The summed E-state index contributed by atoms with van der Waals surface area (Å²) in [4.78, 5) is 17.5. The van der Waals surface area contributed by atoms with Gasteiger partial charge >= 0.3 is 0 Å². The van der Waals surface area contributed by atoms with Crippen LogP contribution in [0.25, 0.3) is 0 Å². The largest absolute Gasteiger partial charge is 0.512 e. The molecular weight excluding hydrogens is 374 g/mol. The average molecular weight is 400 g/mol. The Morgan fingerprint density at radius 2 is 2.18 bits per heavy atom. The van der Waals surface area contributed by atoms with Crippen molar-refractivity contribution in [1.29, 1.82) is 0 Å². The molecule has 3 rings (SSSR count). The van der Waals surface area contributed by atoms with Gasteiger partial charge in [0.2, 0.25) is 0 Å². The molecule has 2 aromatic rings. The summed E-state index contributed by atoms with van der Waals surface area (Å²) >= 11 is 1.56. The fraction of sp³-hybridized carbons (Fsp3) is 0.364. The summed E-state index contributed by atoms with van der Waals surface area (Å²) in [6.45, 7) is 4.40. The van der Waals surface area contributed by atoms with Crippen molar-refractivity contribution in [1.82, 2.24) is 0 Å². The van der Waals surface area contributed by atoms with E-state index in [1.165, 1.54) is 5.56 Å². The van der Waals surface area contributed by atoms with Gasteiger partial charge in [-0.25, -0.2) is 0 Å². The number of Topliss-reactive ketones (excluding diaryl/α,β-unsaturated/α-hetero) is 1. The summed E-state index contributed by atoms with van der Waals surface area (Å²) in [5, 5.41) is 17.1. The number of ketones is 1. The summed E-state index contributed by atoms with van der Waals surface area (Å²) in [7, 11) is 0. The molecule has 0 bridgehead atoms. The predicted octanol–water partition coefficient (Wildman–Crippen LogP) is 5.91. The number of aliphatic hydroxyl groups is 1.